The van der Waals surface area contributed by atoms with Gasteiger partial charge < -0.3 is 9.84 Å². The minimum Gasteiger partial charge on any atom is -0.361 e. The van der Waals surface area contributed by atoms with Crippen LogP contribution in [0.5, 0.6) is 0 Å². The number of nitrogens with zero attached hydrogens (tertiary/aromatic N) is 3. The Balaban J connectivity index is 1.15. The van der Waals surface area contributed by atoms with Gasteiger partial charge in [-0.3, -0.25) is 14.6 Å². The number of aromatic nitrogens is 1. The minimum atomic E-state index is -0.156. The van der Waals surface area contributed by atoms with Crippen LogP contribution in [-0.2, 0) is 17.8 Å². The highest BCUT2D eigenvalue weighted by Crippen LogP contribution is 2.19. The van der Waals surface area contributed by atoms with Crippen molar-refractivity contribution in [1.82, 2.24) is 20.3 Å². The van der Waals surface area contributed by atoms with E-state index in [1.54, 1.807) is 0 Å². The molecule has 1 aliphatic heterocycles. The van der Waals surface area contributed by atoms with Crippen LogP contribution in [0.15, 0.2) is 71.3 Å². The number of carbonyl (C=O) groups excluding carboxylic acids is 1. The Hall–Kier alpha value is -2.96. The number of nitrogens with one attached hydrogen (secondary N) is 1. The predicted molar refractivity (Wildman–Crippen MR) is 135 cm³/mol. The van der Waals surface area contributed by atoms with Crippen molar-refractivity contribution in [3.8, 4) is 11.3 Å². The van der Waals surface area contributed by atoms with E-state index in [1.807, 2.05) is 50.4 Å². The molecule has 6 heteroatoms. The molecule has 4 rings (SSSR count). The van der Waals surface area contributed by atoms with Crippen molar-refractivity contribution in [3.63, 3.8) is 0 Å². The summed E-state index contributed by atoms with van der Waals surface area (Å²) in [7, 11) is 2.02. The summed E-state index contributed by atoms with van der Waals surface area (Å²) in [5, 5.41) is 7.46. The number of hydrogen-bond donors (Lipinski definition) is 1. The van der Waals surface area contributed by atoms with Gasteiger partial charge in [0, 0.05) is 43.7 Å². The number of likely N-dealkylation sites (tertiary alicyclic amines) is 1. The number of aryl methyl sites for hydroxylation is 1. The molecule has 1 aromatic heterocycles. The molecule has 34 heavy (non-hydrogen) atoms. The summed E-state index contributed by atoms with van der Waals surface area (Å²) >= 11 is 0. The molecule has 1 saturated heterocycles. The zero-order valence-corrected chi connectivity index (χ0v) is 20.3. The van der Waals surface area contributed by atoms with E-state index in [4.69, 9.17) is 4.52 Å². The zero-order chi connectivity index (χ0) is 23.8. The van der Waals surface area contributed by atoms with Gasteiger partial charge in [0.15, 0.2) is 0 Å². The molecule has 1 amide bonds. The van der Waals surface area contributed by atoms with Gasteiger partial charge in [0.1, 0.15) is 11.5 Å². The lowest BCUT2D eigenvalue weighted by atomic mass is 10.0. The molecule has 180 valence electrons. The lowest BCUT2D eigenvalue weighted by Gasteiger charge is -2.33. The van der Waals surface area contributed by atoms with Crippen molar-refractivity contribution < 1.29 is 9.32 Å². The topological polar surface area (TPSA) is 61.6 Å². The highest BCUT2D eigenvalue weighted by Gasteiger charge is 2.24. The van der Waals surface area contributed by atoms with Crippen molar-refractivity contribution in [1.29, 1.82) is 0 Å². The van der Waals surface area contributed by atoms with Crippen LogP contribution in [-0.4, -0.2) is 59.6 Å². The van der Waals surface area contributed by atoms with Gasteiger partial charge in [0.25, 0.3) is 0 Å². The fraction of sp³-hybridized carbons (Fsp3) is 0.429. The van der Waals surface area contributed by atoms with E-state index in [-0.39, 0.29) is 18.0 Å². The molecule has 0 saturated carbocycles. The third-order valence-electron chi connectivity index (χ3n) is 6.79. The van der Waals surface area contributed by atoms with Crippen LogP contribution in [0.25, 0.3) is 11.3 Å². The Morgan fingerprint density at radius 2 is 1.79 bits per heavy atom. The SMILES string of the molecule is CC(C(=O)NC1CCN(Cc2ccccc2)CC1)N(C)CCCc1cc(-c2ccccc2)no1. The van der Waals surface area contributed by atoms with E-state index < -0.39 is 0 Å². The Kier molecular flexibility index (Phi) is 8.50. The third-order valence-corrected chi connectivity index (χ3v) is 6.79. The molecule has 1 N–H and O–H groups in total. The van der Waals surface area contributed by atoms with Gasteiger partial charge in [-0.1, -0.05) is 65.8 Å². The average molecular weight is 461 g/mol. The number of hydrogen-bond acceptors (Lipinski definition) is 5. The van der Waals surface area contributed by atoms with Gasteiger partial charge in [-0.15, -0.1) is 0 Å². The number of benzene rings is 2. The first-order valence-electron chi connectivity index (χ1n) is 12.4. The number of piperidine rings is 1. The Bertz CT molecular complexity index is 1010. The van der Waals surface area contributed by atoms with Gasteiger partial charge in [0.05, 0.1) is 6.04 Å². The van der Waals surface area contributed by atoms with Gasteiger partial charge in [-0.05, 0) is 45.3 Å². The molecule has 0 bridgehead atoms. The fourth-order valence-corrected chi connectivity index (χ4v) is 4.47. The fourth-order valence-electron chi connectivity index (χ4n) is 4.47. The van der Waals surface area contributed by atoms with E-state index in [9.17, 15) is 4.79 Å². The van der Waals surface area contributed by atoms with Crippen molar-refractivity contribution in [2.45, 2.75) is 51.2 Å². The molecular weight excluding hydrogens is 424 g/mol. The van der Waals surface area contributed by atoms with Crippen molar-refractivity contribution in [2.75, 3.05) is 26.7 Å². The molecule has 1 atom stereocenters. The summed E-state index contributed by atoms with van der Waals surface area (Å²) in [5.41, 5.74) is 3.28. The normalized spacial score (nSPS) is 16.0. The van der Waals surface area contributed by atoms with Crippen molar-refractivity contribution in [3.05, 3.63) is 78.1 Å². The summed E-state index contributed by atoms with van der Waals surface area (Å²) in [6.07, 6.45) is 3.72. The lowest BCUT2D eigenvalue weighted by molar-refractivity contribution is -0.126. The second-order valence-electron chi connectivity index (χ2n) is 9.35. The van der Waals surface area contributed by atoms with Crippen LogP contribution in [0.1, 0.15) is 37.5 Å². The van der Waals surface area contributed by atoms with Gasteiger partial charge in [-0.25, -0.2) is 0 Å². The largest absolute Gasteiger partial charge is 0.361 e. The maximum atomic E-state index is 12.8. The van der Waals surface area contributed by atoms with Crippen LogP contribution in [0.4, 0.5) is 0 Å². The molecule has 2 heterocycles. The van der Waals surface area contributed by atoms with Gasteiger partial charge in [-0.2, -0.15) is 0 Å². The number of likely N-dealkylation sites (N-methyl/N-ethyl adjacent to an activating group) is 1. The Morgan fingerprint density at radius 1 is 1.12 bits per heavy atom. The smallest absolute Gasteiger partial charge is 0.237 e. The molecule has 3 aromatic rings. The second-order valence-corrected chi connectivity index (χ2v) is 9.35. The minimum absolute atomic E-state index is 0.120. The molecule has 0 radical (unpaired) electrons. The predicted octanol–water partition coefficient (Wildman–Crippen LogP) is 4.38. The van der Waals surface area contributed by atoms with Gasteiger partial charge >= 0.3 is 0 Å². The van der Waals surface area contributed by atoms with E-state index in [1.165, 1.54) is 5.56 Å². The maximum absolute atomic E-state index is 12.8. The summed E-state index contributed by atoms with van der Waals surface area (Å²) in [6, 6.07) is 22.8. The lowest BCUT2D eigenvalue weighted by Crippen LogP contribution is -2.50. The second kappa shape index (κ2) is 12.0. The van der Waals surface area contributed by atoms with Crippen molar-refractivity contribution >= 4 is 5.91 Å². The number of rotatable bonds is 10. The Labute approximate surface area is 202 Å². The summed E-state index contributed by atoms with van der Waals surface area (Å²) in [4.78, 5) is 17.4. The Morgan fingerprint density at radius 3 is 2.50 bits per heavy atom. The van der Waals surface area contributed by atoms with E-state index in [0.717, 1.165) is 68.9 Å². The van der Waals surface area contributed by atoms with Gasteiger partial charge in [0.2, 0.25) is 5.91 Å². The number of carbonyl (C=O) groups is 1. The molecule has 2 aromatic carbocycles. The van der Waals surface area contributed by atoms with E-state index in [0.29, 0.717) is 0 Å². The molecule has 1 aliphatic rings. The van der Waals surface area contributed by atoms with E-state index >= 15 is 0 Å². The van der Waals surface area contributed by atoms with E-state index in [2.05, 4.69) is 50.6 Å². The summed E-state index contributed by atoms with van der Waals surface area (Å²) in [5.74, 6) is 1.00. The highest BCUT2D eigenvalue weighted by atomic mass is 16.5. The molecule has 0 spiro atoms. The monoisotopic (exact) mass is 460 g/mol. The number of amides is 1. The summed E-state index contributed by atoms with van der Waals surface area (Å²) in [6.45, 7) is 5.84. The van der Waals surface area contributed by atoms with Crippen LogP contribution in [0.2, 0.25) is 0 Å². The van der Waals surface area contributed by atoms with Crippen LogP contribution in [0.3, 0.4) is 0 Å². The van der Waals surface area contributed by atoms with Crippen molar-refractivity contribution in [2.24, 2.45) is 0 Å². The standard InChI is InChI=1S/C28H36N4O2/c1-22(28(33)29-25-15-18-32(19-16-25)21-23-10-5-3-6-11-23)31(2)17-9-14-26-20-27(30-34-26)24-12-7-4-8-13-24/h3-8,10-13,20,22,25H,9,14-19,21H2,1-2H3,(H,29,33). The quantitative estimate of drug-likeness (QED) is 0.487. The van der Waals surface area contributed by atoms with Crippen LogP contribution < -0.4 is 5.32 Å². The molecule has 0 aliphatic carbocycles. The first-order chi connectivity index (χ1) is 16.6. The third kappa shape index (κ3) is 6.78. The molecule has 6 nitrogen and oxygen atoms in total. The molecule has 1 fully saturated rings. The summed E-state index contributed by atoms with van der Waals surface area (Å²) < 4.78 is 5.50. The molecule has 1 unspecified atom stereocenters. The highest BCUT2D eigenvalue weighted by molar-refractivity contribution is 5.81. The maximum Gasteiger partial charge on any atom is 0.237 e. The van der Waals surface area contributed by atoms with Crippen LogP contribution >= 0.6 is 0 Å². The molecular formula is C28H36N4O2. The average Bonchev–Trinajstić information content (AvgIpc) is 3.35. The van der Waals surface area contributed by atoms with Crippen LogP contribution in [0, 0.1) is 0 Å². The zero-order valence-electron chi connectivity index (χ0n) is 20.3. The first-order valence-corrected chi connectivity index (χ1v) is 12.4. The first kappa shape index (κ1) is 24.2.